The maximum absolute atomic E-state index is 11.8. The van der Waals surface area contributed by atoms with E-state index in [1.165, 1.54) is 6.92 Å². The molecule has 1 aromatic rings. The highest BCUT2D eigenvalue weighted by Gasteiger charge is 2.11. The van der Waals surface area contributed by atoms with Crippen molar-refractivity contribution in [2.45, 2.75) is 32.6 Å². The lowest BCUT2D eigenvalue weighted by molar-refractivity contribution is -0.113. The molecule has 6 heteroatoms. The SMILES string of the molecule is CC(=O)C(=N)c1ccc(CCC(=O)C(=N)CCC(=O)I)cc1. The molecule has 1 rings (SSSR count). The van der Waals surface area contributed by atoms with E-state index in [1.807, 2.05) is 0 Å². The Labute approximate surface area is 142 Å². The molecule has 2 N–H and O–H groups in total. The van der Waals surface area contributed by atoms with Gasteiger partial charge in [0, 0.05) is 31.7 Å². The highest BCUT2D eigenvalue weighted by molar-refractivity contribution is 14.1. The zero-order valence-corrected chi connectivity index (χ0v) is 14.4. The summed E-state index contributed by atoms with van der Waals surface area (Å²) >= 11 is 1.65. The minimum atomic E-state index is -0.291. The first-order valence-electron chi connectivity index (χ1n) is 6.79. The summed E-state index contributed by atoms with van der Waals surface area (Å²) in [4.78, 5) is 33.7. The summed E-state index contributed by atoms with van der Waals surface area (Å²) in [5.41, 5.74) is 1.41. The number of carbonyl (C=O) groups excluding carboxylic acids is 3. The molecule has 0 amide bonds. The van der Waals surface area contributed by atoms with Gasteiger partial charge in [-0.25, -0.2) is 0 Å². The molecule has 0 fully saturated rings. The Morgan fingerprint density at radius 3 is 2.09 bits per heavy atom. The number of hydrogen-bond acceptors (Lipinski definition) is 5. The van der Waals surface area contributed by atoms with Gasteiger partial charge in [-0.1, -0.05) is 24.3 Å². The Balaban J connectivity index is 2.53. The Morgan fingerprint density at radius 2 is 1.59 bits per heavy atom. The number of benzene rings is 1. The molecule has 22 heavy (non-hydrogen) atoms. The second-order valence-corrected chi connectivity index (χ2v) is 6.09. The first kappa shape index (κ1) is 18.3. The number of halogens is 1. The van der Waals surface area contributed by atoms with Gasteiger partial charge in [-0.2, -0.15) is 0 Å². The van der Waals surface area contributed by atoms with Crippen LogP contribution in [-0.4, -0.2) is 26.8 Å². The van der Waals surface area contributed by atoms with Gasteiger partial charge >= 0.3 is 0 Å². The maximum Gasteiger partial charge on any atom is 0.192 e. The summed E-state index contributed by atoms with van der Waals surface area (Å²) in [5, 5.41) is 15.2. The molecule has 0 aliphatic heterocycles. The highest BCUT2D eigenvalue weighted by Crippen LogP contribution is 2.09. The van der Waals surface area contributed by atoms with Crippen molar-refractivity contribution < 1.29 is 14.4 Å². The van der Waals surface area contributed by atoms with Gasteiger partial charge in [-0.05, 0) is 34.6 Å². The first-order valence-corrected chi connectivity index (χ1v) is 7.87. The number of nitrogens with one attached hydrogen (secondary N) is 2. The Kier molecular flexibility index (Phi) is 7.23. The van der Waals surface area contributed by atoms with Crippen LogP contribution in [0.3, 0.4) is 0 Å². The van der Waals surface area contributed by atoms with E-state index in [0.717, 1.165) is 5.56 Å². The van der Waals surface area contributed by atoms with Crippen LogP contribution in [0.5, 0.6) is 0 Å². The van der Waals surface area contributed by atoms with Crippen molar-refractivity contribution in [3.63, 3.8) is 0 Å². The van der Waals surface area contributed by atoms with Crippen LogP contribution in [0.4, 0.5) is 0 Å². The largest absolute Gasteiger partial charge is 0.302 e. The molecule has 0 bridgehead atoms. The quantitative estimate of drug-likeness (QED) is 0.371. The van der Waals surface area contributed by atoms with Crippen molar-refractivity contribution >= 4 is 49.4 Å². The molecule has 0 aromatic heterocycles. The van der Waals surface area contributed by atoms with Crippen LogP contribution in [0.2, 0.25) is 0 Å². The molecule has 0 radical (unpaired) electrons. The van der Waals surface area contributed by atoms with Crippen molar-refractivity contribution in [1.82, 2.24) is 0 Å². The van der Waals surface area contributed by atoms with Crippen molar-refractivity contribution in [1.29, 1.82) is 10.8 Å². The summed E-state index contributed by atoms with van der Waals surface area (Å²) in [6.07, 6.45) is 1.12. The molecule has 5 nitrogen and oxygen atoms in total. The molecule has 0 spiro atoms. The van der Waals surface area contributed by atoms with Gasteiger partial charge in [0.1, 0.15) is 5.71 Å². The molecule has 0 aliphatic rings. The number of Topliss-reactive ketones (excluding diaryl/α,β-unsaturated/α-hetero) is 2. The van der Waals surface area contributed by atoms with Gasteiger partial charge in [0.05, 0.1) is 5.71 Å². The average molecular weight is 412 g/mol. The van der Waals surface area contributed by atoms with Crippen LogP contribution in [-0.2, 0) is 20.8 Å². The van der Waals surface area contributed by atoms with Gasteiger partial charge in [-0.15, -0.1) is 0 Å². The van der Waals surface area contributed by atoms with Gasteiger partial charge in [0.25, 0.3) is 0 Å². The van der Waals surface area contributed by atoms with Gasteiger partial charge in [0.2, 0.25) is 0 Å². The fourth-order valence-electron chi connectivity index (χ4n) is 1.81. The molecule has 0 saturated carbocycles. The Hall–Kier alpha value is -1.70. The lowest BCUT2D eigenvalue weighted by Crippen LogP contribution is -2.14. The monoisotopic (exact) mass is 412 g/mol. The fraction of sp³-hybridized carbons (Fsp3) is 0.312. The molecule has 0 atom stereocenters. The van der Waals surface area contributed by atoms with Crippen molar-refractivity contribution in [3.05, 3.63) is 35.4 Å². The van der Waals surface area contributed by atoms with E-state index in [4.69, 9.17) is 10.8 Å². The third kappa shape index (κ3) is 5.97. The topological polar surface area (TPSA) is 98.9 Å². The van der Waals surface area contributed by atoms with Crippen LogP contribution in [0, 0.1) is 10.8 Å². The first-order chi connectivity index (χ1) is 10.3. The second-order valence-electron chi connectivity index (χ2n) is 4.88. The molecule has 0 unspecified atom stereocenters. The lowest BCUT2D eigenvalue weighted by Gasteiger charge is -2.04. The van der Waals surface area contributed by atoms with Crippen LogP contribution < -0.4 is 0 Å². The van der Waals surface area contributed by atoms with Gasteiger partial charge < -0.3 is 5.41 Å². The summed E-state index contributed by atoms with van der Waals surface area (Å²) in [5.74, 6) is -0.542. The van der Waals surface area contributed by atoms with Gasteiger partial charge in [0.15, 0.2) is 15.4 Å². The molecule has 1 aromatic carbocycles. The van der Waals surface area contributed by atoms with Gasteiger partial charge in [-0.3, -0.25) is 19.8 Å². The van der Waals surface area contributed by atoms with Crippen molar-refractivity contribution in [2.24, 2.45) is 0 Å². The minimum Gasteiger partial charge on any atom is -0.302 e. The predicted octanol–water partition coefficient (Wildman–Crippen LogP) is 2.91. The van der Waals surface area contributed by atoms with E-state index in [0.29, 0.717) is 12.0 Å². The number of ketones is 2. The zero-order chi connectivity index (χ0) is 16.7. The third-order valence-corrected chi connectivity index (χ3v) is 3.68. The highest BCUT2D eigenvalue weighted by atomic mass is 127. The standard InChI is InChI=1S/C16H17IN2O3/c1-10(20)16(19)12-5-2-11(3-6-12)4-8-14(21)13(18)7-9-15(17)22/h2-3,5-6,18-19H,4,7-9H2,1H3. The molecule has 0 heterocycles. The normalized spacial score (nSPS) is 10.1. The maximum atomic E-state index is 11.8. The lowest BCUT2D eigenvalue weighted by atomic mass is 10.0. The summed E-state index contributed by atoms with van der Waals surface area (Å²) in [6.45, 7) is 1.35. The Morgan fingerprint density at radius 1 is 1.00 bits per heavy atom. The Bertz CT molecular complexity index is 621. The predicted molar refractivity (Wildman–Crippen MR) is 93.3 cm³/mol. The van der Waals surface area contributed by atoms with Crippen LogP contribution in [0.25, 0.3) is 0 Å². The molecule has 116 valence electrons. The van der Waals surface area contributed by atoms with Crippen molar-refractivity contribution in [3.8, 4) is 0 Å². The average Bonchev–Trinajstić information content (AvgIpc) is 2.49. The number of carbonyl (C=O) groups is 3. The number of rotatable bonds is 9. The molecular formula is C16H17IN2O3. The molecule has 0 aliphatic carbocycles. The summed E-state index contributed by atoms with van der Waals surface area (Å²) in [7, 11) is 0. The number of hydrogen-bond donors (Lipinski definition) is 2. The van der Waals surface area contributed by atoms with Crippen LogP contribution >= 0.6 is 22.6 Å². The van der Waals surface area contributed by atoms with Crippen LogP contribution in [0.1, 0.15) is 37.3 Å². The molecular weight excluding hydrogens is 395 g/mol. The van der Waals surface area contributed by atoms with E-state index in [-0.39, 0.29) is 46.0 Å². The van der Waals surface area contributed by atoms with E-state index in [9.17, 15) is 14.4 Å². The van der Waals surface area contributed by atoms with E-state index in [2.05, 4.69) is 0 Å². The second kappa shape index (κ2) is 8.67. The smallest absolute Gasteiger partial charge is 0.192 e. The van der Waals surface area contributed by atoms with E-state index >= 15 is 0 Å². The van der Waals surface area contributed by atoms with Crippen molar-refractivity contribution in [2.75, 3.05) is 0 Å². The minimum absolute atomic E-state index is 0.0139. The summed E-state index contributed by atoms with van der Waals surface area (Å²) in [6, 6.07) is 6.92. The van der Waals surface area contributed by atoms with E-state index < -0.39 is 0 Å². The third-order valence-electron chi connectivity index (χ3n) is 3.14. The van der Waals surface area contributed by atoms with Crippen LogP contribution in [0.15, 0.2) is 24.3 Å². The fourth-order valence-corrected chi connectivity index (χ4v) is 2.08. The van der Waals surface area contributed by atoms with E-state index in [1.54, 1.807) is 46.9 Å². The number of aryl methyl sites for hydroxylation is 1. The summed E-state index contributed by atoms with van der Waals surface area (Å²) < 4.78 is -0.0568. The zero-order valence-electron chi connectivity index (χ0n) is 12.2. The molecule has 0 saturated heterocycles.